The molecule has 0 unspecified atom stereocenters. The molecule has 0 bridgehead atoms. The Morgan fingerprint density at radius 1 is 1.36 bits per heavy atom. The van der Waals surface area contributed by atoms with Crippen LogP contribution in [0.1, 0.15) is 25.3 Å². The van der Waals surface area contributed by atoms with Gasteiger partial charge in [0.05, 0.1) is 22.2 Å². The lowest BCUT2D eigenvalue weighted by Gasteiger charge is -2.25. The van der Waals surface area contributed by atoms with E-state index in [0.717, 1.165) is 37.2 Å². The van der Waals surface area contributed by atoms with Crippen molar-refractivity contribution in [2.75, 3.05) is 31.1 Å². The van der Waals surface area contributed by atoms with Gasteiger partial charge in [0.25, 0.3) is 5.69 Å². The number of carbonyl (C=O) groups excluding carboxylic acids is 1. The lowest BCUT2D eigenvalue weighted by molar-refractivity contribution is -0.384. The third-order valence-corrected chi connectivity index (χ3v) is 4.08. The second-order valence-electron chi connectivity index (χ2n) is 5.51. The molecule has 120 valence electrons. The van der Waals surface area contributed by atoms with E-state index in [1.54, 1.807) is 6.92 Å². The molecular formula is C15H20ClN3O3. The molecule has 0 atom stereocenters. The van der Waals surface area contributed by atoms with Gasteiger partial charge in [0.15, 0.2) is 0 Å². The van der Waals surface area contributed by atoms with E-state index in [-0.39, 0.29) is 18.1 Å². The third-order valence-electron chi connectivity index (χ3n) is 3.79. The van der Waals surface area contributed by atoms with Crippen molar-refractivity contribution >= 4 is 28.9 Å². The molecule has 0 aromatic heterocycles. The Hall–Kier alpha value is -1.82. The van der Waals surface area contributed by atoms with E-state index >= 15 is 0 Å². The van der Waals surface area contributed by atoms with Gasteiger partial charge in [0.1, 0.15) is 0 Å². The second kappa shape index (κ2) is 6.96. The molecule has 0 aliphatic carbocycles. The summed E-state index contributed by atoms with van der Waals surface area (Å²) in [6, 6.07) is 2.85. The predicted octanol–water partition coefficient (Wildman–Crippen LogP) is 3.01. The first-order valence-corrected chi connectivity index (χ1v) is 7.79. The largest absolute Gasteiger partial charge is 0.361 e. The van der Waals surface area contributed by atoms with E-state index in [0.29, 0.717) is 11.6 Å². The number of carbonyl (C=O) groups is 1. The van der Waals surface area contributed by atoms with Crippen molar-refractivity contribution in [1.82, 2.24) is 4.90 Å². The first kappa shape index (κ1) is 16.5. The summed E-state index contributed by atoms with van der Waals surface area (Å²) in [5, 5.41) is 11.2. The van der Waals surface area contributed by atoms with Crippen LogP contribution in [0.2, 0.25) is 5.02 Å². The monoisotopic (exact) mass is 325 g/mol. The van der Waals surface area contributed by atoms with Crippen LogP contribution in [0.3, 0.4) is 0 Å². The van der Waals surface area contributed by atoms with E-state index < -0.39 is 4.92 Å². The minimum absolute atomic E-state index is 0.0278. The number of rotatable bonds is 4. The van der Waals surface area contributed by atoms with Crippen LogP contribution in [0.5, 0.6) is 0 Å². The van der Waals surface area contributed by atoms with Crippen LogP contribution in [-0.2, 0) is 4.79 Å². The molecule has 1 amide bonds. The van der Waals surface area contributed by atoms with Crippen LogP contribution in [0.4, 0.5) is 11.4 Å². The van der Waals surface area contributed by atoms with Crippen molar-refractivity contribution in [3.8, 4) is 0 Å². The molecule has 0 N–H and O–H groups in total. The highest BCUT2D eigenvalue weighted by atomic mass is 35.5. The van der Waals surface area contributed by atoms with Crippen LogP contribution in [0.15, 0.2) is 12.1 Å². The van der Waals surface area contributed by atoms with Gasteiger partial charge in [0.2, 0.25) is 5.91 Å². The van der Waals surface area contributed by atoms with Gasteiger partial charge in [0, 0.05) is 31.8 Å². The highest BCUT2D eigenvalue weighted by Gasteiger charge is 2.25. The molecule has 1 aliphatic heterocycles. The molecule has 1 saturated heterocycles. The maximum Gasteiger partial charge on any atom is 0.271 e. The molecule has 1 aliphatic rings. The van der Waals surface area contributed by atoms with Crippen molar-refractivity contribution in [3.05, 3.63) is 32.8 Å². The average Bonchev–Trinajstić information content (AvgIpc) is 2.61. The second-order valence-corrected chi connectivity index (χ2v) is 5.91. The number of hydrogen-bond donors (Lipinski definition) is 0. The van der Waals surface area contributed by atoms with Gasteiger partial charge < -0.3 is 9.80 Å². The van der Waals surface area contributed by atoms with Crippen molar-refractivity contribution < 1.29 is 9.72 Å². The molecule has 6 nitrogen and oxygen atoms in total. The summed E-state index contributed by atoms with van der Waals surface area (Å²) in [5.41, 5.74) is 1.41. The fraction of sp³-hybridized carbons (Fsp3) is 0.533. The Morgan fingerprint density at radius 2 is 2.09 bits per heavy atom. The quantitative estimate of drug-likeness (QED) is 0.630. The topological polar surface area (TPSA) is 66.7 Å². The molecule has 1 aromatic rings. The molecule has 1 fully saturated rings. The van der Waals surface area contributed by atoms with E-state index in [4.69, 9.17) is 11.6 Å². The van der Waals surface area contributed by atoms with Gasteiger partial charge in [-0.05, 0) is 25.3 Å². The molecular weight excluding hydrogens is 306 g/mol. The number of non-ortho nitro benzene ring substituents is 1. The fourth-order valence-corrected chi connectivity index (χ4v) is 3.22. The lowest BCUT2D eigenvalue weighted by Crippen LogP contribution is -2.37. The maximum absolute atomic E-state index is 12.3. The number of nitro groups is 1. The van der Waals surface area contributed by atoms with Crippen LogP contribution in [0, 0.1) is 17.0 Å². The highest BCUT2D eigenvalue weighted by Crippen LogP contribution is 2.34. The van der Waals surface area contributed by atoms with Crippen molar-refractivity contribution in [3.63, 3.8) is 0 Å². The predicted molar refractivity (Wildman–Crippen MR) is 86.5 cm³/mol. The molecule has 2 rings (SSSR count). The Bertz CT molecular complexity index is 568. The average molecular weight is 326 g/mol. The normalized spacial score (nSPS) is 15.9. The van der Waals surface area contributed by atoms with Crippen LogP contribution < -0.4 is 4.90 Å². The maximum atomic E-state index is 12.3. The van der Waals surface area contributed by atoms with Crippen molar-refractivity contribution in [2.24, 2.45) is 0 Å². The van der Waals surface area contributed by atoms with Gasteiger partial charge in [-0.15, -0.1) is 0 Å². The molecule has 22 heavy (non-hydrogen) atoms. The van der Waals surface area contributed by atoms with Crippen LogP contribution in [-0.4, -0.2) is 41.9 Å². The minimum Gasteiger partial charge on any atom is -0.361 e. The van der Waals surface area contributed by atoms with Crippen molar-refractivity contribution in [1.29, 1.82) is 0 Å². The van der Waals surface area contributed by atoms with Gasteiger partial charge >= 0.3 is 0 Å². The van der Waals surface area contributed by atoms with Crippen molar-refractivity contribution in [2.45, 2.75) is 26.7 Å². The van der Waals surface area contributed by atoms with Crippen LogP contribution >= 0.6 is 11.6 Å². The van der Waals surface area contributed by atoms with Gasteiger partial charge in [-0.25, -0.2) is 0 Å². The van der Waals surface area contributed by atoms with Gasteiger partial charge in [-0.2, -0.15) is 0 Å². The smallest absolute Gasteiger partial charge is 0.271 e. The summed E-state index contributed by atoms with van der Waals surface area (Å²) in [6.45, 7) is 6.32. The molecule has 0 spiro atoms. The zero-order valence-corrected chi connectivity index (χ0v) is 13.6. The first-order chi connectivity index (χ1) is 10.4. The SMILES string of the molecule is CCCN1CCCN(c2c(C)cc([N+](=O)[O-])cc2Cl)CC1=O. The summed E-state index contributed by atoms with van der Waals surface area (Å²) in [4.78, 5) is 26.5. The lowest BCUT2D eigenvalue weighted by atomic mass is 10.1. The summed E-state index contributed by atoms with van der Waals surface area (Å²) in [7, 11) is 0. The number of aryl methyl sites for hydroxylation is 1. The number of amides is 1. The summed E-state index contributed by atoms with van der Waals surface area (Å²) >= 11 is 6.24. The summed E-state index contributed by atoms with van der Waals surface area (Å²) in [6.07, 6.45) is 1.79. The number of benzene rings is 1. The summed E-state index contributed by atoms with van der Waals surface area (Å²) in [5.74, 6) is 0.0770. The molecule has 0 saturated carbocycles. The van der Waals surface area contributed by atoms with E-state index in [2.05, 4.69) is 0 Å². The Kier molecular flexibility index (Phi) is 5.24. The number of nitrogens with zero attached hydrogens (tertiary/aromatic N) is 3. The highest BCUT2D eigenvalue weighted by molar-refractivity contribution is 6.33. The minimum atomic E-state index is -0.459. The fourth-order valence-electron chi connectivity index (χ4n) is 2.84. The standard InChI is InChI=1S/C15H20ClN3O3/c1-3-5-17-6-4-7-18(10-14(17)20)15-11(2)8-12(19(21)22)9-13(15)16/h8-9H,3-7,10H2,1-2H3. The number of halogens is 1. The van der Waals surface area contributed by atoms with E-state index in [9.17, 15) is 14.9 Å². The van der Waals surface area contributed by atoms with Crippen LogP contribution in [0.25, 0.3) is 0 Å². The molecule has 7 heteroatoms. The Labute approximate surface area is 134 Å². The molecule has 0 radical (unpaired) electrons. The van der Waals surface area contributed by atoms with Gasteiger partial charge in [-0.1, -0.05) is 18.5 Å². The van der Waals surface area contributed by atoms with E-state index in [1.807, 2.05) is 16.7 Å². The zero-order valence-electron chi connectivity index (χ0n) is 12.8. The third kappa shape index (κ3) is 3.50. The summed E-state index contributed by atoms with van der Waals surface area (Å²) < 4.78 is 0. The molecule has 1 heterocycles. The zero-order chi connectivity index (χ0) is 16.3. The first-order valence-electron chi connectivity index (χ1n) is 7.41. The molecule has 1 aromatic carbocycles. The number of hydrogen-bond acceptors (Lipinski definition) is 4. The van der Waals surface area contributed by atoms with E-state index in [1.165, 1.54) is 12.1 Å². The number of nitro benzene ring substituents is 1. The Balaban J connectivity index is 2.28. The Morgan fingerprint density at radius 3 is 2.68 bits per heavy atom. The number of anilines is 1. The van der Waals surface area contributed by atoms with Gasteiger partial charge in [-0.3, -0.25) is 14.9 Å².